The average Bonchev–Trinajstić information content (AvgIpc) is 3.06. The minimum Gasteiger partial charge on any atom is -0.371 e. The number of benzene rings is 1. The molecular weight excluding hydrogens is 294 g/mol. The monoisotopic (exact) mass is 309 g/mol. The van der Waals surface area contributed by atoms with Crippen molar-refractivity contribution in [2.75, 3.05) is 23.3 Å². The molecule has 0 bridgehead atoms. The minimum atomic E-state index is 0.132. The molecule has 1 N–H and O–H groups in total. The Hall–Kier alpha value is -2.19. The second-order valence-corrected chi connectivity index (χ2v) is 6.85. The molecule has 1 aromatic carbocycles. The molecule has 22 heavy (non-hydrogen) atoms. The molecule has 0 saturated carbocycles. The molecular formula is C17H15N3OS. The normalized spacial score (nSPS) is 19.6. The first-order chi connectivity index (χ1) is 10.7. The predicted molar refractivity (Wildman–Crippen MR) is 87.9 cm³/mol. The largest absolute Gasteiger partial charge is 0.371 e. The van der Waals surface area contributed by atoms with Gasteiger partial charge in [0.1, 0.15) is 6.07 Å². The van der Waals surface area contributed by atoms with E-state index in [0.29, 0.717) is 12.0 Å². The molecule has 3 aliphatic rings. The summed E-state index contributed by atoms with van der Waals surface area (Å²) in [5.41, 5.74) is 3.60. The van der Waals surface area contributed by atoms with Gasteiger partial charge in [-0.15, -0.1) is 0 Å². The molecule has 4 rings (SSSR count). The van der Waals surface area contributed by atoms with E-state index in [9.17, 15) is 10.1 Å². The summed E-state index contributed by atoms with van der Waals surface area (Å²) in [5.74, 6) is 0.132. The maximum absolute atomic E-state index is 11.6. The zero-order valence-corrected chi connectivity index (χ0v) is 12.9. The van der Waals surface area contributed by atoms with Gasteiger partial charge < -0.3 is 10.2 Å². The van der Waals surface area contributed by atoms with Gasteiger partial charge in [0, 0.05) is 40.7 Å². The van der Waals surface area contributed by atoms with Crippen molar-refractivity contribution < 1.29 is 4.79 Å². The molecule has 5 heteroatoms. The standard InChI is InChI=1S/C17H15N3OS/c18-10-11-7-12(20-5-1-2-6-20)8-16-17(11)19-14-4-3-13(21)9-15(14)22-16/h3-4,7-8,19H,1-2,5-6,9H2. The predicted octanol–water partition coefficient (Wildman–Crippen LogP) is 3.42. The fourth-order valence-electron chi connectivity index (χ4n) is 3.11. The van der Waals surface area contributed by atoms with Crippen molar-refractivity contribution >= 4 is 28.9 Å². The summed E-state index contributed by atoms with van der Waals surface area (Å²) < 4.78 is 0. The highest BCUT2D eigenvalue weighted by molar-refractivity contribution is 8.03. The molecule has 4 nitrogen and oxygen atoms in total. The van der Waals surface area contributed by atoms with E-state index in [1.807, 2.05) is 12.1 Å². The molecule has 0 aromatic heterocycles. The average molecular weight is 309 g/mol. The van der Waals surface area contributed by atoms with Crippen molar-refractivity contribution in [2.45, 2.75) is 24.2 Å². The molecule has 2 aliphatic heterocycles. The second kappa shape index (κ2) is 5.22. The number of nitrogens with one attached hydrogen (secondary N) is 1. The van der Waals surface area contributed by atoms with Gasteiger partial charge in [0.15, 0.2) is 5.78 Å². The van der Waals surface area contributed by atoms with Crippen LogP contribution in [-0.4, -0.2) is 18.9 Å². The molecule has 0 radical (unpaired) electrons. The lowest BCUT2D eigenvalue weighted by Crippen LogP contribution is -2.19. The van der Waals surface area contributed by atoms with Crippen molar-refractivity contribution in [1.82, 2.24) is 0 Å². The Kier molecular flexibility index (Phi) is 3.20. The van der Waals surface area contributed by atoms with Gasteiger partial charge in [-0.1, -0.05) is 11.8 Å². The van der Waals surface area contributed by atoms with Crippen LogP contribution in [0.1, 0.15) is 24.8 Å². The van der Waals surface area contributed by atoms with Gasteiger partial charge in [0.05, 0.1) is 11.3 Å². The third-order valence-electron chi connectivity index (χ3n) is 4.24. The molecule has 1 aliphatic carbocycles. The summed E-state index contributed by atoms with van der Waals surface area (Å²) in [6.07, 6.45) is 6.27. The van der Waals surface area contributed by atoms with Gasteiger partial charge in [0.25, 0.3) is 0 Å². The maximum Gasteiger partial charge on any atom is 0.160 e. The molecule has 0 unspecified atom stereocenters. The van der Waals surface area contributed by atoms with Gasteiger partial charge in [0.2, 0.25) is 0 Å². The quantitative estimate of drug-likeness (QED) is 0.861. The lowest BCUT2D eigenvalue weighted by atomic mass is 10.1. The number of thioether (sulfide) groups is 1. The summed E-state index contributed by atoms with van der Waals surface area (Å²) >= 11 is 1.61. The number of hydrogen-bond donors (Lipinski definition) is 1. The zero-order valence-electron chi connectivity index (χ0n) is 12.1. The van der Waals surface area contributed by atoms with Crippen LogP contribution < -0.4 is 10.2 Å². The number of hydrogen-bond acceptors (Lipinski definition) is 5. The molecule has 1 saturated heterocycles. The molecule has 110 valence electrons. The van der Waals surface area contributed by atoms with Crippen LogP contribution in [0.5, 0.6) is 0 Å². The molecule has 0 amide bonds. The van der Waals surface area contributed by atoms with Crippen LogP contribution in [0.15, 0.2) is 39.8 Å². The van der Waals surface area contributed by atoms with Crippen LogP contribution >= 0.6 is 11.8 Å². The van der Waals surface area contributed by atoms with E-state index in [-0.39, 0.29) is 5.78 Å². The summed E-state index contributed by atoms with van der Waals surface area (Å²) in [4.78, 5) is 16.0. The number of anilines is 2. The van der Waals surface area contributed by atoms with E-state index in [1.54, 1.807) is 17.8 Å². The van der Waals surface area contributed by atoms with E-state index in [4.69, 9.17) is 0 Å². The van der Waals surface area contributed by atoms with Crippen LogP contribution in [0.3, 0.4) is 0 Å². The van der Waals surface area contributed by atoms with Crippen LogP contribution in [0.4, 0.5) is 11.4 Å². The Balaban J connectivity index is 1.75. The highest BCUT2D eigenvalue weighted by Gasteiger charge is 2.25. The molecule has 0 spiro atoms. The first-order valence-corrected chi connectivity index (χ1v) is 8.28. The molecule has 0 atom stereocenters. The van der Waals surface area contributed by atoms with Crippen molar-refractivity contribution in [1.29, 1.82) is 5.26 Å². The van der Waals surface area contributed by atoms with Crippen LogP contribution in [0, 0.1) is 11.3 Å². The fraction of sp³-hybridized carbons (Fsp3) is 0.294. The number of carbonyl (C=O) groups is 1. The second-order valence-electron chi connectivity index (χ2n) is 5.71. The van der Waals surface area contributed by atoms with E-state index < -0.39 is 0 Å². The number of rotatable bonds is 1. The number of ketones is 1. The van der Waals surface area contributed by atoms with E-state index in [0.717, 1.165) is 40.0 Å². The van der Waals surface area contributed by atoms with E-state index in [1.165, 1.54) is 12.8 Å². The molecule has 1 fully saturated rings. The highest BCUT2D eigenvalue weighted by atomic mass is 32.2. The number of allylic oxidation sites excluding steroid dienone is 3. The first-order valence-electron chi connectivity index (χ1n) is 7.46. The Morgan fingerprint density at radius 3 is 2.82 bits per heavy atom. The number of fused-ring (bicyclic) bond motifs is 1. The van der Waals surface area contributed by atoms with E-state index >= 15 is 0 Å². The lowest BCUT2D eigenvalue weighted by molar-refractivity contribution is -0.114. The summed E-state index contributed by atoms with van der Waals surface area (Å²) in [5, 5.41) is 12.8. The lowest BCUT2D eigenvalue weighted by Gasteiger charge is -2.27. The van der Waals surface area contributed by atoms with Crippen molar-refractivity contribution in [3.05, 3.63) is 40.5 Å². The van der Waals surface area contributed by atoms with Crippen molar-refractivity contribution in [3.63, 3.8) is 0 Å². The fourth-order valence-corrected chi connectivity index (χ4v) is 4.26. The van der Waals surface area contributed by atoms with Crippen molar-refractivity contribution in [2.24, 2.45) is 0 Å². The Labute approximate surface area is 133 Å². The number of carbonyl (C=O) groups excluding carboxylic acids is 1. The third kappa shape index (κ3) is 2.20. The van der Waals surface area contributed by atoms with Gasteiger partial charge in [-0.05, 0) is 37.1 Å². The summed E-state index contributed by atoms with van der Waals surface area (Å²) in [6, 6.07) is 6.42. The Morgan fingerprint density at radius 2 is 2.05 bits per heavy atom. The minimum absolute atomic E-state index is 0.132. The van der Waals surface area contributed by atoms with Crippen LogP contribution in [0.2, 0.25) is 0 Å². The number of nitrogens with zero attached hydrogens (tertiary/aromatic N) is 2. The summed E-state index contributed by atoms with van der Waals surface area (Å²) in [7, 11) is 0. The third-order valence-corrected chi connectivity index (χ3v) is 5.40. The zero-order chi connectivity index (χ0) is 15.1. The summed E-state index contributed by atoms with van der Waals surface area (Å²) in [6.45, 7) is 2.11. The van der Waals surface area contributed by atoms with Gasteiger partial charge >= 0.3 is 0 Å². The SMILES string of the molecule is N#Cc1cc(N2CCCC2)cc2c1NC1=C(CC(=O)C=C1)S2. The smallest absolute Gasteiger partial charge is 0.160 e. The maximum atomic E-state index is 11.6. The van der Waals surface area contributed by atoms with Gasteiger partial charge in [-0.2, -0.15) is 5.26 Å². The molecule has 2 heterocycles. The topological polar surface area (TPSA) is 56.1 Å². The van der Waals surface area contributed by atoms with Crippen LogP contribution in [-0.2, 0) is 4.79 Å². The first kappa shape index (κ1) is 13.5. The number of nitriles is 1. The van der Waals surface area contributed by atoms with Crippen molar-refractivity contribution in [3.8, 4) is 6.07 Å². The van der Waals surface area contributed by atoms with Gasteiger partial charge in [-0.3, -0.25) is 4.79 Å². The Bertz CT molecular complexity index is 767. The highest BCUT2D eigenvalue weighted by Crippen LogP contribution is 2.46. The molecule has 1 aromatic rings. The van der Waals surface area contributed by atoms with E-state index in [2.05, 4.69) is 22.4 Å². The van der Waals surface area contributed by atoms with Crippen LogP contribution in [0.25, 0.3) is 0 Å². The Morgan fingerprint density at radius 1 is 1.23 bits per heavy atom. The van der Waals surface area contributed by atoms with Gasteiger partial charge in [-0.25, -0.2) is 0 Å².